The van der Waals surface area contributed by atoms with Gasteiger partial charge in [-0.3, -0.25) is 14.4 Å². The van der Waals surface area contributed by atoms with Crippen LogP contribution in [-0.2, 0) is 12.8 Å². The molecule has 0 aliphatic heterocycles. The van der Waals surface area contributed by atoms with Gasteiger partial charge < -0.3 is 30.3 Å². The van der Waals surface area contributed by atoms with E-state index in [1.165, 1.54) is 26.4 Å². The molecule has 9 nitrogen and oxygen atoms in total. The highest BCUT2D eigenvalue weighted by Crippen LogP contribution is 2.34. The molecule has 196 valence electrons. The van der Waals surface area contributed by atoms with Crippen LogP contribution in [0.1, 0.15) is 39.0 Å². The number of methoxy groups -OCH3 is 2. The minimum Gasteiger partial charge on any atom is -0.493 e. The molecule has 1 aromatic heterocycles. The molecule has 4 aromatic rings. The number of carbonyl (C=O) groups is 2. The maximum atomic E-state index is 13.3. The Morgan fingerprint density at radius 2 is 1.55 bits per heavy atom. The molecule has 0 radical (unpaired) electrons. The van der Waals surface area contributed by atoms with E-state index in [0.29, 0.717) is 34.7 Å². The normalized spacial score (nSPS) is 10.7. The Kier molecular flexibility index (Phi) is 8.08. The van der Waals surface area contributed by atoms with Crippen molar-refractivity contribution in [3.05, 3.63) is 93.3 Å². The van der Waals surface area contributed by atoms with E-state index in [0.717, 1.165) is 30.0 Å². The largest absolute Gasteiger partial charge is 0.493 e. The second-order valence-electron chi connectivity index (χ2n) is 8.56. The highest BCUT2D eigenvalue weighted by atomic mass is 16.5. The first-order valence-corrected chi connectivity index (χ1v) is 12.1. The first-order chi connectivity index (χ1) is 18.4. The molecule has 4 N–H and O–H groups in total. The molecule has 9 heteroatoms. The van der Waals surface area contributed by atoms with Crippen LogP contribution in [0.4, 0.5) is 11.4 Å². The first kappa shape index (κ1) is 26.4. The van der Waals surface area contributed by atoms with E-state index in [-0.39, 0.29) is 22.4 Å². The second-order valence-corrected chi connectivity index (χ2v) is 8.56. The van der Waals surface area contributed by atoms with E-state index in [4.69, 9.17) is 19.6 Å². The van der Waals surface area contributed by atoms with Gasteiger partial charge in [-0.2, -0.15) is 0 Å². The number of hydrogen-bond acceptors (Lipinski definition) is 7. The molecule has 2 amide bonds. The number of nitrogens with one attached hydrogen (secondary N) is 2. The molecular weight excluding hydrogens is 486 g/mol. The second kappa shape index (κ2) is 11.6. The smallest absolute Gasteiger partial charge is 0.291 e. The van der Waals surface area contributed by atoms with Crippen molar-refractivity contribution in [3.8, 4) is 11.5 Å². The molecule has 0 spiro atoms. The van der Waals surface area contributed by atoms with Gasteiger partial charge in [-0.05, 0) is 60.8 Å². The number of aryl methyl sites for hydroxylation is 1. The first-order valence-electron chi connectivity index (χ1n) is 12.1. The van der Waals surface area contributed by atoms with E-state index in [2.05, 4.69) is 10.6 Å². The third-order valence-electron chi connectivity index (χ3n) is 6.08. The Hall–Kier alpha value is -4.63. The summed E-state index contributed by atoms with van der Waals surface area (Å²) in [5.41, 5.74) is 8.42. The molecule has 4 rings (SSSR count). The van der Waals surface area contributed by atoms with E-state index >= 15 is 0 Å². The minimum absolute atomic E-state index is 0.123. The Morgan fingerprint density at radius 3 is 2.21 bits per heavy atom. The zero-order chi connectivity index (χ0) is 27.2. The van der Waals surface area contributed by atoms with Gasteiger partial charge in [0.2, 0.25) is 0 Å². The van der Waals surface area contributed by atoms with Crippen molar-refractivity contribution in [1.29, 1.82) is 0 Å². The van der Waals surface area contributed by atoms with Gasteiger partial charge in [0, 0.05) is 17.8 Å². The lowest BCUT2D eigenvalue weighted by atomic mass is 10.1. The number of amides is 2. The maximum absolute atomic E-state index is 13.3. The summed E-state index contributed by atoms with van der Waals surface area (Å²) in [5.74, 6) is -0.769. The maximum Gasteiger partial charge on any atom is 0.291 e. The highest BCUT2D eigenvalue weighted by Gasteiger charge is 2.21. The molecule has 0 saturated carbocycles. The third-order valence-corrected chi connectivity index (χ3v) is 6.08. The van der Waals surface area contributed by atoms with Crippen molar-refractivity contribution < 1.29 is 23.5 Å². The van der Waals surface area contributed by atoms with E-state index < -0.39 is 11.8 Å². The predicted octanol–water partition coefficient (Wildman–Crippen LogP) is 4.38. The van der Waals surface area contributed by atoms with Crippen molar-refractivity contribution in [1.82, 2.24) is 0 Å². The molecule has 0 atom stereocenters. The number of carbonyl (C=O) groups excluding carboxylic acids is 2. The van der Waals surface area contributed by atoms with Crippen LogP contribution in [0.5, 0.6) is 11.5 Å². The summed E-state index contributed by atoms with van der Waals surface area (Å²) >= 11 is 0. The van der Waals surface area contributed by atoms with Gasteiger partial charge in [0.1, 0.15) is 5.58 Å². The van der Waals surface area contributed by atoms with Crippen LogP contribution < -0.4 is 31.3 Å². The fourth-order valence-corrected chi connectivity index (χ4v) is 4.01. The third kappa shape index (κ3) is 5.68. The van der Waals surface area contributed by atoms with E-state index in [9.17, 15) is 14.4 Å². The van der Waals surface area contributed by atoms with Crippen LogP contribution in [0.15, 0.2) is 69.9 Å². The fraction of sp³-hybridized carbons (Fsp3) is 0.207. The van der Waals surface area contributed by atoms with Crippen LogP contribution in [0, 0.1) is 0 Å². The summed E-state index contributed by atoms with van der Waals surface area (Å²) in [4.78, 5) is 39.1. The van der Waals surface area contributed by atoms with E-state index in [1.807, 2.05) is 25.1 Å². The molecule has 38 heavy (non-hydrogen) atoms. The van der Waals surface area contributed by atoms with Gasteiger partial charge in [-0.15, -0.1) is 0 Å². The lowest BCUT2D eigenvalue weighted by Crippen LogP contribution is -2.20. The van der Waals surface area contributed by atoms with Gasteiger partial charge >= 0.3 is 0 Å². The summed E-state index contributed by atoms with van der Waals surface area (Å²) in [7, 11) is 2.89. The quantitative estimate of drug-likeness (QED) is 0.301. The van der Waals surface area contributed by atoms with Crippen LogP contribution in [-0.4, -0.2) is 32.6 Å². The van der Waals surface area contributed by atoms with E-state index in [1.54, 1.807) is 24.3 Å². The van der Waals surface area contributed by atoms with Gasteiger partial charge in [0.15, 0.2) is 22.7 Å². The van der Waals surface area contributed by atoms with Crippen molar-refractivity contribution in [2.24, 2.45) is 5.73 Å². The Bertz CT molecular complexity index is 1540. The molecule has 0 unspecified atom stereocenters. The summed E-state index contributed by atoms with van der Waals surface area (Å²) in [5, 5.41) is 5.89. The summed E-state index contributed by atoms with van der Waals surface area (Å²) in [6.45, 7) is 2.51. The number of ether oxygens (including phenoxy) is 2. The number of anilines is 2. The minimum atomic E-state index is -0.698. The summed E-state index contributed by atoms with van der Waals surface area (Å²) in [6, 6.07) is 16.6. The molecule has 1 heterocycles. The number of hydrogen-bond donors (Lipinski definition) is 3. The number of rotatable bonds is 9. The number of fused-ring (bicyclic) bond motifs is 1. The average Bonchev–Trinajstić information content (AvgIpc) is 2.93. The number of nitrogens with two attached hydrogens (primary N) is 1. The molecule has 0 aliphatic rings. The highest BCUT2D eigenvalue weighted by molar-refractivity contribution is 6.12. The fourth-order valence-electron chi connectivity index (χ4n) is 4.01. The van der Waals surface area contributed by atoms with Gasteiger partial charge in [0.25, 0.3) is 11.8 Å². The Balaban J connectivity index is 1.67. The summed E-state index contributed by atoms with van der Waals surface area (Å²) < 4.78 is 16.4. The Morgan fingerprint density at radius 1 is 0.868 bits per heavy atom. The zero-order valence-electron chi connectivity index (χ0n) is 21.4. The summed E-state index contributed by atoms with van der Waals surface area (Å²) in [6.07, 6.45) is 1.49. The molecule has 0 bridgehead atoms. The van der Waals surface area contributed by atoms with Gasteiger partial charge in [-0.1, -0.05) is 25.1 Å². The van der Waals surface area contributed by atoms with Crippen LogP contribution in [0.3, 0.4) is 0 Å². The molecule has 0 fully saturated rings. The van der Waals surface area contributed by atoms with Crippen molar-refractivity contribution in [3.63, 3.8) is 0 Å². The van der Waals surface area contributed by atoms with Crippen LogP contribution >= 0.6 is 0 Å². The SMILES string of the molecule is CCc1ccc2oc(C(=O)Nc3cc(OC)c(OC)cc3C(=O)Nc3ccc(CCN)cc3)cc(=O)c2c1. The van der Waals surface area contributed by atoms with Crippen LogP contribution in [0.2, 0.25) is 0 Å². The van der Waals surface area contributed by atoms with Crippen LogP contribution in [0.25, 0.3) is 11.0 Å². The van der Waals surface area contributed by atoms with Crippen molar-refractivity contribution in [2.75, 3.05) is 31.4 Å². The average molecular weight is 516 g/mol. The van der Waals surface area contributed by atoms with Crippen molar-refractivity contribution in [2.45, 2.75) is 19.8 Å². The standard InChI is InChI=1S/C29H29N3O6/c1-4-17-7-10-24-21(13-17)23(33)16-27(38-24)29(35)32-22-15-26(37-3)25(36-2)14-20(22)28(34)31-19-8-5-18(6-9-19)11-12-30/h5-10,13-16H,4,11-12,30H2,1-3H3,(H,31,34)(H,32,35). The number of benzene rings is 3. The Labute approximate surface area is 219 Å². The lowest BCUT2D eigenvalue weighted by Gasteiger charge is -2.16. The van der Waals surface area contributed by atoms with Crippen molar-refractivity contribution >= 4 is 34.2 Å². The lowest BCUT2D eigenvalue weighted by molar-refractivity contribution is 0.0997. The molecule has 3 aromatic carbocycles. The van der Waals surface area contributed by atoms with Gasteiger partial charge in [-0.25, -0.2) is 0 Å². The monoisotopic (exact) mass is 515 g/mol. The van der Waals surface area contributed by atoms with Gasteiger partial charge in [0.05, 0.1) is 30.9 Å². The topological polar surface area (TPSA) is 133 Å². The molecule has 0 aliphatic carbocycles. The predicted molar refractivity (Wildman–Crippen MR) is 147 cm³/mol. The molecular formula is C29H29N3O6. The molecule has 0 saturated heterocycles. The zero-order valence-corrected chi connectivity index (χ0v) is 21.4.